The molecule has 0 saturated heterocycles. The van der Waals surface area contributed by atoms with Crippen molar-refractivity contribution in [3.05, 3.63) is 16.7 Å². The fraction of sp³-hybridized carbons (Fsp3) is 0.556. The van der Waals surface area contributed by atoms with Crippen molar-refractivity contribution in [2.75, 3.05) is 14.1 Å². The quantitative estimate of drug-likeness (QED) is 0.750. The van der Waals surface area contributed by atoms with E-state index in [4.69, 9.17) is 17.3 Å². The van der Waals surface area contributed by atoms with E-state index < -0.39 is 6.04 Å². The Hall–Kier alpha value is -1.14. The van der Waals surface area contributed by atoms with Gasteiger partial charge in [-0.1, -0.05) is 0 Å². The Labute approximate surface area is 93.3 Å². The molecule has 1 aromatic rings. The Morgan fingerprint density at radius 3 is 2.80 bits per heavy atom. The molecule has 0 aliphatic carbocycles. The van der Waals surface area contributed by atoms with Gasteiger partial charge >= 0.3 is 0 Å². The third kappa shape index (κ3) is 2.27. The first-order valence-corrected chi connectivity index (χ1v) is 5.00. The number of carbonyl (C=O) groups excluding carboxylic acids is 1. The van der Waals surface area contributed by atoms with E-state index in [1.807, 2.05) is 0 Å². The average molecular weight is 229 g/mol. The van der Waals surface area contributed by atoms with Crippen LogP contribution >= 0.6 is 12.2 Å². The van der Waals surface area contributed by atoms with Crippen molar-refractivity contribution >= 4 is 18.1 Å². The van der Waals surface area contributed by atoms with Crippen LogP contribution in [0.25, 0.3) is 0 Å². The molecule has 6 heteroatoms. The minimum absolute atomic E-state index is 0.0552. The van der Waals surface area contributed by atoms with E-state index in [9.17, 15) is 4.79 Å². The Balaban J connectivity index is 3.10. The highest BCUT2D eigenvalue weighted by Crippen LogP contribution is 2.13. The van der Waals surface area contributed by atoms with Crippen molar-refractivity contribution in [2.24, 2.45) is 0 Å². The lowest BCUT2D eigenvalue weighted by Gasteiger charge is -2.19. The van der Waals surface area contributed by atoms with Crippen LogP contribution in [-0.2, 0) is 11.4 Å². The van der Waals surface area contributed by atoms with E-state index in [0.29, 0.717) is 10.5 Å². The molecular weight excluding hydrogens is 214 g/mol. The van der Waals surface area contributed by atoms with Gasteiger partial charge < -0.3 is 19.6 Å². The van der Waals surface area contributed by atoms with E-state index in [0.717, 1.165) is 0 Å². The summed E-state index contributed by atoms with van der Waals surface area (Å²) >= 11 is 5.05. The number of nitrogens with zero attached hydrogens (tertiary/aromatic N) is 2. The lowest BCUT2D eigenvalue weighted by atomic mass is 10.3. The van der Waals surface area contributed by atoms with Crippen LogP contribution in [0, 0.1) is 4.77 Å². The van der Waals surface area contributed by atoms with E-state index in [2.05, 4.69) is 4.98 Å². The molecule has 1 rings (SSSR count). The molecule has 84 valence electrons. The van der Waals surface area contributed by atoms with Gasteiger partial charge in [0.2, 0.25) is 5.91 Å². The van der Waals surface area contributed by atoms with Crippen molar-refractivity contribution in [3.8, 4) is 0 Å². The monoisotopic (exact) mass is 229 g/mol. The van der Waals surface area contributed by atoms with Gasteiger partial charge in [0.15, 0.2) is 4.77 Å². The Bertz CT molecular complexity index is 408. The van der Waals surface area contributed by atoms with E-state index in [-0.39, 0.29) is 12.5 Å². The second-order valence-corrected chi connectivity index (χ2v) is 3.91. The highest BCUT2D eigenvalue weighted by molar-refractivity contribution is 7.71. The first-order chi connectivity index (χ1) is 6.99. The molecule has 15 heavy (non-hydrogen) atoms. The summed E-state index contributed by atoms with van der Waals surface area (Å²) in [5.41, 5.74) is 0.614. The number of hydrogen-bond donors (Lipinski definition) is 2. The summed E-state index contributed by atoms with van der Waals surface area (Å²) in [5.74, 6) is -0.0552. The number of aromatic nitrogens is 2. The van der Waals surface area contributed by atoms with Gasteiger partial charge in [0.1, 0.15) is 6.04 Å². The third-order valence-electron chi connectivity index (χ3n) is 2.24. The summed E-state index contributed by atoms with van der Waals surface area (Å²) in [6, 6.07) is -0.402. The van der Waals surface area contributed by atoms with Crippen molar-refractivity contribution in [1.82, 2.24) is 14.5 Å². The number of H-pyrrole nitrogens is 1. The molecule has 1 atom stereocenters. The molecule has 1 amide bonds. The maximum Gasteiger partial charge on any atom is 0.244 e. The van der Waals surface area contributed by atoms with Crippen LogP contribution in [0.4, 0.5) is 0 Å². The van der Waals surface area contributed by atoms with Gasteiger partial charge in [-0.25, -0.2) is 0 Å². The van der Waals surface area contributed by atoms with E-state index in [1.54, 1.807) is 31.8 Å². The largest absolute Gasteiger partial charge is 0.390 e. The smallest absolute Gasteiger partial charge is 0.244 e. The number of rotatable bonds is 3. The number of aromatic amines is 1. The Morgan fingerprint density at radius 1 is 1.73 bits per heavy atom. The van der Waals surface area contributed by atoms with Crippen molar-refractivity contribution in [2.45, 2.75) is 19.6 Å². The molecule has 0 fully saturated rings. The zero-order valence-electron chi connectivity index (χ0n) is 9.02. The molecule has 0 aliphatic heterocycles. The van der Waals surface area contributed by atoms with Crippen molar-refractivity contribution in [1.29, 1.82) is 0 Å². The van der Waals surface area contributed by atoms with Gasteiger partial charge in [-0.3, -0.25) is 4.79 Å². The number of aliphatic hydroxyl groups is 1. The summed E-state index contributed by atoms with van der Waals surface area (Å²) in [6.07, 6.45) is 1.61. The second kappa shape index (κ2) is 4.59. The number of carbonyl (C=O) groups is 1. The number of hydrogen-bond acceptors (Lipinski definition) is 3. The highest BCUT2D eigenvalue weighted by atomic mass is 32.1. The molecule has 0 aromatic carbocycles. The third-order valence-corrected chi connectivity index (χ3v) is 2.55. The van der Waals surface area contributed by atoms with Crippen LogP contribution in [0.1, 0.15) is 18.7 Å². The average Bonchev–Trinajstić information content (AvgIpc) is 2.57. The normalized spacial score (nSPS) is 12.5. The van der Waals surface area contributed by atoms with Gasteiger partial charge in [-0.05, 0) is 19.1 Å². The van der Waals surface area contributed by atoms with Crippen molar-refractivity contribution < 1.29 is 9.90 Å². The first-order valence-electron chi connectivity index (χ1n) is 4.59. The summed E-state index contributed by atoms with van der Waals surface area (Å²) in [4.78, 5) is 16.0. The molecule has 0 spiro atoms. The highest BCUT2D eigenvalue weighted by Gasteiger charge is 2.19. The number of nitrogens with one attached hydrogen (secondary N) is 1. The van der Waals surface area contributed by atoms with Gasteiger partial charge in [-0.15, -0.1) is 0 Å². The molecule has 1 aromatic heterocycles. The maximum absolute atomic E-state index is 11.7. The fourth-order valence-corrected chi connectivity index (χ4v) is 1.78. The van der Waals surface area contributed by atoms with Gasteiger partial charge in [0, 0.05) is 20.3 Å². The Kier molecular flexibility index (Phi) is 3.65. The molecule has 0 bridgehead atoms. The van der Waals surface area contributed by atoms with Crippen LogP contribution in [0.3, 0.4) is 0 Å². The molecule has 0 radical (unpaired) electrons. The predicted molar refractivity (Wildman–Crippen MR) is 58.9 cm³/mol. The lowest BCUT2D eigenvalue weighted by Crippen LogP contribution is -2.30. The second-order valence-electron chi connectivity index (χ2n) is 3.52. The number of imidazole rings is 1. The number of likely N-dealkylation sites (N-methyl/N-ethyl adjacent to an activating group) is 1. The predicted octanol–water partition coefficient (Wildman–Crippen LogP) is 0.687. The van der Waals surface area contributed by atoms with E-state index in [1.165, 1.54) is 4.90 Å². The minimum atomic E-state index is -0.402. The minimum Gasteiger partial charge on any atom is -0.390 e. The van der Waals surface area contributed by atoms with Crippen LogP contribution in [-0.4, -0.2) is 39.6 Å². The zero-order valence-corrected chi connectivity index (χ0v) is 9.84. The van der Waals surface area contributed by atoms with Crippen LogP contribution in [0.2, 0.25) is 0 Å². The summed E-state index contributed by atoms with van der Waals surface area (Å²) in [7, 11) is 3.38. The lowest BCUT2D eigenvalue weighted by molar-refractivity contribution is -0.131. The van der Waals surface area contributed by atoms with E-state index >= 15 is 0 Å². The summed E-state index contributed by atoms with van der Waals surface area (Å²) in [6.45, 7) is 1.61. The molecule has 0 saturated carbocycles. The molecule has 2 N–H and O–H groups in total. The summed E-state index contributed by atoms with van der Waals surface area (Å²) in [5, 5.41) is 9.09. The standard InChI is InChI=1S/C9H15N3O2S/c1-6(8(14)11(2)3)12-7(5-13)4-10-9(12)15/h4,6,13H,5H2,1-3H3,(H,10,15). The van der Waals surface area contributed by atoms with Gasteiger partial charge in [0.25, 0.3) is 0 Å². The van der Waals surface area contributed by atoms with Crippen LogP contribution < -0.4 is 0 Å². The first kappa shape index (κ1) is 11.9. The molecule has 0 aliphatic rings. The molecular formula is C9H15N3O2S. The fourth-order valence-electron chi connectivity index (χ4n) is 1.45. The summed E-state index contributed by atoms with van der Waals surface area (Å²) < 4.78 is 2.07. The topological polar surface area (TPSA) is 61.3 Å². The number of amides is 1. The van der Waals surface area contributed by atoms with Crippen LogP contribution in [0.5, 0.6) is 0 Å². The van der Waals surface area contributed by atoms with Gasteiger partial charge in [-0.2, -0.15) is 0 Å². The Morgan fingerprint density at radius 2 is 2.33 bits per heavy atom. The number of aliphatic hydroxyl groups excluding tert-OH is 1. The maximum atomic E-state index is 11.7. The SMILES string of the molecule is CC(C(=O)N(C)C)n1c(CO)c[nH]c1=S. The molecule has 1 heterocycles. The van der Waals surface area contributed by atoms with Crippen LogP contribution in [0.15, 0.2) is 6.20 Å². The van der Waals surface area contributed by atoms with Crippen molar-refractivity contribution in [3.63, 3.8) is 0 Å². The molecule has 1 unspecified atom stereocenters. The molecule has 5 nitrogen and oxygen atoms in total. The van der Waals surface area contributed by atoms with Gasteiger partial charge in [0.05, 0.1) is 12.3 Å². The zero-order chi connectivity index (χ0) is 11.6.